The minimum absolute atomic E-state index is 0.00459. The predicted molar refractivity (Wildman–Crippen MR) is 147 cm³/mol. The van der Waals surface area contributed by atoms with Crippen LogP contribution in [0, 0.1) is 6.92 Å². The fourth-order valence-corrected chi connectivity index (χ4v) is 5.31. The summed E-state index contributed by atoms with van der Waals surface area (Å²) in [6.45, 7) is 1.25. The van der Waals surface area contributed by atoms with Crippen molar-refractivity contribution in [3.05, 3.63) is 90.0 Å². The Kier molecular flexibility index (Phi) is 7.82. The van der Waals surface area contributed by atoms with Crippen molar-refractivity contribution in [1.29, 1.82) is 0 Å². The molecule has 196 valence electrons. The normalized spacial score (nSPS) is 11.4. The number of fused-ring (bicyclic) bond motifs is 1. The minimum Gasteiger partial charge on any atom is -0.507 e. The molecular weight excluding hydrogens is 506 g/mol. The highest BCUT2D eigenvalue weighted by atomic mass is 32.2. The number of phenols is 1. The highest BCUT2D eigenvalue weighted by molar-refractivity contribution is 7.92. The van der Waals surface area contributed by atoms with Crippen LogP contribution >= 0.6 is 0 Å². The van der Waals surface area contributed by atoms with E-state index >= 15 is 0 Å². The van der Waals surface area contributed by atoms with Crippen LogP contribution in [-0.2, 0) is 14.8 Å². The summed E-state index contributed by atoms with van der Waals surface area (Å²) in [6.07, 6.45) is 1.32. The van der Waals surface area contributed by atoms with Gasteiger partial charge in [-0.3, -0.25) is 9.10 Å². The summed E-state index contributed by atoms with van der Waals surface area (Å²) in [5.74, 6) is -0.0961. The minimum atomic E-state index is -4.19. The number of aryl methyl sites for hydroxylation is 1. The van der Waals surface area contributed by atoms with E-state index in [0.717, 1.165) is 20.6 Å². The predicted octanol–water partition coefficient (Wildman–Crippen LogP) is 4.22. The van der Waals surface area contributed by atoms with Crippen LogP contribution in [0.4, 0.5) is 5.69 Å². The van der Waals surface area contributed by atoms with Gasteiger partial charge in [-0.05, 0) is 48.0 Å². The quantitative estimate of drug-likeness (QED) is 0.246. The van der Waals surface area contributed by atoms with E-state index in [9.17, 15) is 18.3 Å². The van der Waals surface area contributed by atoms with E-state index in [4.69, 9.17) is 9.47 Å². The lowest BCUT2D eigenvalue weighted by Gasteiger charge is -2.25. The van der Waals surface area contributed by atoms with Crippen LogP contribution in [0.5, 0.6) is 17.2 Å². The van der Waals surface area contributed by atoms with E-state index in [1.165, 1.54) is 44.7 Å². The van der Waals surface area contributed by atoms with Gasteiger partial charge in [0.1, 0.15) is 23.8 Å². The van der Waals surface area contributed by atoms with Gasteiger partial charge in [0, 0.05) is 11.6 Å². The number of nitrogens with one attached hydrogen (secondary N) is 1. The van der Waals surface area contributed by atoms with Crippen LogP contribution in [-0.4, -0.2) is 46.4 Å². The lowest BCUT2D eigenvalue weighted by molar-refractivity contribution is -0.119. The molecular formula is C28H27N3O6S. The SMILES string of the molecule is COc1ccc(OC)c(N(CC(=O)N/N=C\c2c(O)ccc3ccccc23)S(=O)(=O)c2ccc(C)cc2)c1. The van der Waals surface area contributed by atoms with Crippen molar-refractivity contribution < 1.29 is 27.8 Å². The molecule has 0 aliphatic carbocycles. The summed E-state index contributed by atoms with van der Waals surface area (Å²) in [4.78, 5) is 13.0. The number of amides is 1. The van der Waals surface area contributed by atoms with E-state index in [-0.39, 0.29) is 22.1 Å². The molecule has 0 saturated heterocycles. The number of nitrogens with zero attached hydrogens (tertiary/aromatic N) is 2. The van der Waals surface area contributed by atoms with E-state index in [2.05, 4.69) is 10.5 Å². The number of hydrogen-bond acceptors (Lipinski definition) is 7. The maximum Gasteiger partial charge on any atom is 0.264 e. The molecule has 9 nitrogen and oxygen atoms in total. The molecule has 0 saturated carbocycles. The van der Waals surface area contributed by atoms with Crippen LogP contribution in [0.25, 0.3) is 10.8 Å². The summed E-state index contributed by atoms with van der Waals surface area (Å²) in [7, 11) is -1.33. The molecule has 1 amide bonds. The first-order chi connectivity index (χ1) is 18.2. The average molecular weight is 534 g/mol. The Morgan fingerprint density at radius 2 is 1.74 bits per heavy atom. The third-order valence-corrected chi connectivity index (χ3v) is 7.66. The molecule has 4 aromatic carbocycles. The van der Waals surface area contributed by atoms with Gasteiger partial charge in [-0.15, -0.1) is 0 Å². The van der Waals surface area contributed by atoms with Crippen LogP contribution in [0.3, 0.4) is 0 Å². The topological polar surface area (TPSA) is 118 Å². The maximum absolute atomic E-state index is 13.7. The van der Waals surface area contributed by atoms with Gasteiger partial charge in [0.05, 0.1) is 31.0 Å². The molecule has 0 aliphatic rings. The molecule has 0 atom stereocenters. The Bertz CT molecular complexity index is 1600. The Hall–Kier alpha value is -4.57. The van der Waals surface area contributed by atoms with E-state index in [0.29, 0.717) is 11.3 Å². The van der Waals surface area contributed by atoms with E-state index < -0.39 is 22.5 Å². The maximum atomic E-state index is 13.7. The lowest BCUT2D eigenvalue weighted by atomic mass is 10.0. The summed E-state index contributed by atoms with van der Waals surface area (Å²) in [6, 6.07) is 21.7. The monoisotopic (exact) mass is 533 g/mol. The Balaban J connectivity index is 1.67. The second kappa shape index (κ2) is 11.2. The smallest absolute Gasteiger partial charge is 0.264 e. The second-order valence-corrected chi connectivity index (χ2v) is 10.2. The number of hydrogen-bond donors (Lipinski definition) is 2. The van der Waals surface area contributed by atoms with Gasteiger partial charge in [0.25, 0.3) is 15.9 Å². The highest BCUT2D eigenvalue weighted by Crippen LogP contribution is 2.35. The van der Waals surface area contributed by atoms with Crippen molar-refractivity contribution in [2.75, 3.05) is 25.1 Å². The number of aromatic hydroxyl groups is 1. The van der Waals surface area contributed by atoms with Crippen LogP contribution in [0.15, 0.2) is 88.9 Å². The number of methoxy groups -OCH3 is 2. The number of rotatable bonds is 9. The third kappa shape index (κ3) is 5.55. The number of carbonyl (C=O) groups excluding carboxylic acids is 1. The largest absolute Gasteiger partial charge is 0.507 e. The first kappa shape index (κ1) is 26.5. The van der Waals surface area contributed by atoms with Gasteiger partial charge in [-0.25, -0.2) is 13.8 Å². The molecule has 0 radical (unpaired) electrons. The number of carbonyl (C=O) groups is 1. The molecule has 4 rings (SSSR count). The number of sulfonamides is 1. The van der Waals surface area contributed by atoms with Crippen molar-refractivity contribution in [3.8, 4) is 17.2 Å². The Morgan fingerprint density at radius 1 is 1.00 bits per heavy atom. The number of ether oxygens (including phenoxy) is 2. The van der Waals surface area contributed by atoms with Crippen LogP contribution < -0.4 is 19.2 Å². The zero-order valence-electron chi connectivity index (χ0n) is 21.1. The lowest BCUT2D eigenvalue weighted by Crippen LogP contribution is -2.39. The summed E-state index contributed by atoms with van der Waals surface area (Å²) in [5, 5.41) is 15.9. The Morgan fingerprint density at radius 3 is 2.45 bits per heavy atom. The number of hydrazone groups is 1. The number of benzene rings is 4. The van der Waals surface area contributed by atoms with E-state index in [1.807, 2.05) is 31.2 Å². The zero-order chi connectivity index (χ0) is 27.3. The third-order valence-electron chi connectivity index (χ3n) is 5.88. The van der Waals surface area contributed by atoms with Gasteiger partial charge in [0.15, 0.2) is 0 Å². The van der Waals surface area contributed by atoms with Gasteiger partial charge in [0.2, 0.25) is 0 Å². The molecule has 0 fully saturated rings. The molecule has 2 N–H and O–H groups in total. The first-order valence-corrected chi connectivity index (χ1v) is 13.0. The van der Waals surface area contributed by atoms with Crippen molar-refractivity contribution in [3.63, 3.8) is 0 Å². The van der Waals surface area contributed by atoms with Crippen LogP contribution in [0.1, 0.15) is 11.1 Å². The molecule has 0 spiro atoms. The highest BCUT2D eigenvalue weighted by Gasteiger charge is 2.30. The van der Waals surface area contributed by atoms with Crippen molar-refractivity contribution in [2.45, 2.75) is 11.8 Å². The van der Waals surface area contributed by atoms with Crippen molar-refractivity contribution >= 4 is 38.6 Å². The molecule has 38 heavy (non-hydrogen) atoms. The fraction of sp³-hybridized carbons (Fsp3) is 0.143. The molecule has 0 aromatic heterocycles. The average Bonchev–Trinajstić information content (AvgIpc) is 2.92. The molecule has 10 heteroatoms. The van der Waals surface area contributed by atoms with Gasteiger partial charge in [-0.2, -0.15) is 5.10 Å². The van der Waals surface area contributed by atoms with Crippen molar-refractivity contribution in [1.82, 2.24) is 5.43 Å². The van der Waals surface area contributed by atoms with Crippen LogP contribution in [0.2, 0.25) is 0 Å². The fourth-order valence-electron chi connectivity index (χ4n) is 3.88. The van der Waals surface area contributed by atoms with Crippen molar-refractivity contribution in [2.24, 2.45) is 5.10 Å². The second-order valence-electron chi connectivity index (χ2n) is 8.38. The standard InChI is InChI=1S/C28H27N3O6S/c1-19-8-12-22(13-9-19)38(34,35)31(25-16-21(36-2)11-15-27(25)37-3)18-28(33)30-29-17-24-23-7-5-4-6-20(23)10-14-26(24)32/h4-17,32H,18H2,1-3H3,(H,30,33)/b29-17-. The zero-order valence-corrected chi connectivity index (χ0v) is 21.9. The number of anilines is 1. The number of phenolic OH excluding ortho intramolecular Hbond substituents is 1. The van der Waals surface area contributed by atoms with Gasteiger partial charge < -0.3 is 14.6 Å². The van der Waals surface area contributed by atoms with Gasteiger partial charge >= 0.3 is 0 Å². The molecule has 0 unspecified atom stereocenters. The Labute approximate surface area is 221 Å². The molecule has 0 aliphatic heterocycles. The first-order valence-electron chi connectivity index (χ1n) is 11.6. The molecule has 4 aromatic rings. The van der Waals surface area contributed by atoms with E-state index in [1.54, 1.807) is 30.3 Å². The molecule has 0 heterocycles. The molecule has 0 bridgehead atoms. The summed E-state index contributed by atoms with van der Waals surface area (Å²) >= 11 is 0. The van der Waals surface area contributed by atoms with Gasteiger partial charge in [-0.1, -0.05) is 48.0 Å². The summed E-state index contributed by atoms with van der Waals surface area (Å²) in [5.41, 5.74) is 3.79. The summed E-state index contributed by atoms with van der Waals surface area (Å²) < 4.78 is 39.0.